The zero-order chi connectivity index (χ0) is 22.8. The minimum Gasteiger partial charge on any atom is -0.480 e. The number of amides is 2. The number of nitrogens with zero attached hydrogens (tertiary/aromatic N) is 1. The molecule has 0 unspecified atom stereocenters. The van der Waals surface area contributed by atoms with Gasteiger partial charge < -0.3 is 20.1 Å². The number of aliphatic carboxylic acids is 1. The quantitative estimate of drug-likeness (QED) is 0.691. The van der Waals surface area contributed by atoms with Crippen LogP contribution in [0.3, 0.4) is 0 Å². The van der Waals surface area contributed by atoms with Crippen LogP contribution in [0.25, 0.3) is 11.1 Å². The summed E-state index contributed by atoms with van der Waals surface area (Å²) in [6, 6.07) is 15.5. The lowest BCUT2D eigenvalue weighted by Gasteiger charge is -2.36. The smallest absolute Gasteiger partial charge is 0.407 e. The Morgan fingerprint density at radius 1 is 1.06 bits per heavy atom. The van der Waals surface area contributed by atoms with Gasteiger partial charge in [0.05, 0.1) is 0 Å². The van der Waals surface area contributed by atoms with Gasteiger partial charge >= 0.3 is 12.1 Å². The lowest BCUT2D eigenvalue weighted by Crippen LogP contribution is -2.47. The Morgan fingerprint density at radius 3 is 2.19 bits per heavy atom. The minimum atomic E-state index is -1.02. The predicted molar refractivity (Wildman–Crippen MR) is 119 cm³/mol. The number of carboxylic acids is 1. The third kappa shape index (κ3) is 4.33. The van der Waals surface area contributed by atoms with Crippen molar-refractivity contribution >= 4 is 18.0 Å². The van der Waals surface area contributed by atoms with Crippen LogP contribution >= 0.6 is 0 Å². The van der Waals surface area contributed by atoms with Crippen molar-refractivity contribution in [1.29, 1.82) is 0 Å². The molecular weight excluding hydrogens is 408 g/mol. The molecule has 2 N–H and O–H groups in total. The maximum absolute atomic E-state index is 12.4. The molecule has 2 amide bonds. The number of alkyl carbamates (subject to hydrolysis) is 1. The first kappa shape index (κ1) is 21.9. The first-order chi connectivity index (χ1) is 15.3. The first-order valence-corrected chi connectivity index (χ1v) is 10.9. The van der Waals surface area contributed by atoms with Gasteiger partial charge in [0.2, 0.25) is 5.91 Å². The summed E-state index contributed by atoms with van der Waals surface area (Å²) in [7, 11) is 1.51. The number of carbonyl (C=O) groups is 3. The Kier molecular flexibility index (Phi) is 6.17. The molecule has 4 rings (SSSR count). The van der Waals surface area contributed by atoms with Crippen molar-refractivity contribution in [2.45, 2.75) is 44.2 Å². The van der Waals surface area contributed by atoms with Crippen LogP contribution in [0.1, 0.15) is 43.2 Å². The summed E-state index contributed by atoms with van der Waals surface area (Å²) >= 11 is 0. The average molecular weight is 437 g/mol. The number of fused-ring (bicyclic) bond motifs is 3. The molecule has 32 heavy (non-hydrogen) atoms. The predicted octanol–water partition coefficient (Wildman–Crippen LogP) is 3.63. The summed E-state index contributed by atoms with van der Waals surface area (Å²) in [5, 5.41) is 11.9. The van der Waals surface area contributed by atoms with Crippen LogP contribution in [0.2, 0.25) is 0 Å². The highest BCUT2D eigenvalue weighted by atomic mass is 16.5. The molecule has 168 valence electrons. The summed E-state index contributed by atoms with van der Waals surface area (Å²) in [4.78, 5) is 36.9. The van der Waals surface area contributed by atoms with Gasteiger partial charge in [-0.25, -0.2) is 9.59 Å². The third-order valence-electron chi connectivity index (χ3n) is 6.70. The number of likely N-dealkylation sites (N-methyl/N-ethyl adjacent to an activating group) is 1. The van der Waals surface area contributed by atoms with Gasteiger partial charge in [0, 0.05) is 25.4 Å². The van der Waals surface area contributed by atoms with Crippen molar-refractivity contribution in [3.8, 4) is 11.1 Å². The van der Waals surface area contributed by atoms with Crippen LogP contribution in [0.15, 0.2) is 48.5 Å². The number of carboxylic acid groups (broad SMARTS) is 1. The second kappa shape index (κ2) is 9.02. The Morgan fingerprint density at radius 2 is 1.62 bits per heavy atom. The molecule has 0 saturated heterocycles. The van der Waals surface area contributed by atoms with Gasteiger partial charge in [-0.3, -0.25) is 4.79 Å². The van der Waals surface area contributed by atoms with Gasteiger partial charge in [0.15, 0.2) is 0 Å². The molecule has 0 spiro atoms. The van der Waals surface area contributed by atoms with E-state index in [-0.39, 0.29) is 36.8 Å². The summed E-state index contributed by atoms with van der Waals surface area (Å²) in [5.74, 6) is -1.05. The molecule has 1 saturated carbocycles. The van der Waals surface area contributed by atoms with Crippen molar-refractivity contribution in [3.63, 3.8) is 0 Å². The second-order valence-electron chi connectivity index (χ2n) is 8.73. The lowest BCUT2D eigenvalue weighted by molar-refractivity contribution is -0.148. The molecule has 2 aromatic rings. The molecule has 2 aliphatic rings. The molecular formula is C25H28N2O5. The minimum absolute atomic E-state index is 0.0201. The van der Waals surface area contributed by atoms with Crippen LogP contribution < -0.4 is 5.32 Å². The molecule has 0 heterocycles. The van der Waals surface area contributed by atoms with Crippen LogP contribution in [0.4, 0.5) is 4.79 Å². The van der Waals surface area contributed by atoms with Crippen molar-refractivity contribution < 1.29 is 24.2 Å². The van der Waals surface area contributed by atoms with E-state index in [1.54, 1.807) is 0 Å². The van der Waals surface area contributed by atoms with Crippen molar-refractivity contribution in [2.24, 2.45) is 5.92 Å². The molecule has 2 aliphatic carbocycles. The molecule has 0 aliphatic heterocycles. The summed E-state index contributed by atoms with van der Waals surface area (Å²) < 4.78 is 5.57. The van der Waals surface area contributed by atoms with E-state index in [1.807, 2.05) is 24.3 Å². The number of nitrogens with one attached hydrogen (secondary N) is 1. The van der Waals surface area contributed by atoms with Crippen LogP contribution in [-0.4, -0.2) is 53.7 Å². The van der Waals surface area contributed by atoms with Gasteiger partial charge in [-0.15, -0.1) is 0 Å². The topological polar surface area (TPSA) is 95.9 Å². The number of benzene rings is 2. The van der Waals surface area contributed by atoms with Gasteiger partial charge in [0.25, 0.3) is 0 Å². The molecule has 7 nitrogen and oxygen atoms in total. The average Bonchev–Trinajstić information content (AvgIpc) is 3.08. The maximum atomic E-state index is 12.4. The molecule has 0 bridgehead atoms. The highest BCUT2D eigenvalue weighted by molar-refractivity contribution is 5.83. The molecule has 0 aromatic heterocycles. The standard InChI is InChI=1S/C25H28N2O5/c1-15(24(29)30)27(2)23(28)13-16-11-17(12-16)26-25(31)32-14-22-20-9-5-3-7-18(20)19-8-4-6-10-21(19)22/h3-10,15-17,22H,11-14H2,1-2H3,(H,26,31)(H,29,30)/t15-,16?,17?/m0/s1. The fraction of sp³-hybridized carbons (Fsp3) is 0.400. The number of hydrogen-bond donors (Lipinski definition) is 2. The summed E-state index contributed by atoms with van der Waals surface area (Å²) in [6.45, 7) is 1.76. The van der Waals surface area contributed by atoms with Crippen molar-refractivity contribution in [2.75, 3.05) is 13.7 Å². The first-order valence-electron chi connectivity index (χ1n) is 10.9. The van der Waals surface area contributed by atoms with Crippen molar-refractivity contribution in [1.82, 2.24) is 10.2 Å². The number of ether oxygens (including phenoxy) is 1. The number of rotatable bonds is 7. The maximum Gasteiger partial charge on any atom is 0.407 e. The van der Waals surface area contributed by atoms with Gasteiger partial charge in [-0.2, -0.15) is 0 Å². The van der Waals surface area contributed by atoms with Gasteiger partial charge in [0.1, 0.15) is 12.6 Å². The fourth-order valence-electron chi connectivity index (χ4n) is 4.60. The highest BCUT2D eigenvalue weighted by Crippen LogP contribution is 2.44. The van der Waals surface area contributed by atoms with E-state index in [0.29, 0.717) is 12.8 Å². The zero-order valence-electron chi connectivity index (χ0n) is 18.3. The Hall–Kier alpha value is -3.35. The van der Waals surface area contributed by atoms with Gasteiger partial charge in [-0.05, 0) is 47.9 Å². The fourth-order valence-corrected chi connectivity index (χ4v) is 4.60. The normalized spacial score (nSPS) is 19.8. The van der Waals surface area contributed by atoms with Crippen LogP contribution in [0.5, 0.6) is 0 Å². The zero-order valence-corrected chi connectivity index (χ0v) is 18.3. The van der Waals surface area contributed by atoms with E-state index in [4.69, 9.17) is 9.84 Å². The Bertz CT molecular complexity index is 985. The van der Waals surface area contributed by atoms with Crippen LogP contribution in [0, 0.1) is 5.92 Å². The lowest BCUT2D eigenvalue weighted by atomic mass is 9.78. The van der Waals surface area contributed by atoms with E-state index in [9.17, 15) is 14.4 Å². The Balaban J connectivity index is 1.24. The molecule has 0 radical (unpaired) electrons. The van der Waals surface area contributed by atoms with E-state index in [2.05, 4.69) is 29.6 Å². The molecule has 2 aromatic carbocycles. The largest absolute Gasteiger partial charge is 0.480 e. The van der Waals surface area contributed by atoms with E-state index in [0.717, 1.165) is 0 Å². The summed E-state index contributed by atoms with van der Waals surface area (Å²) in [6.07, 6.45) is 1.21. The molecule has 1 atom stereocenters. The van der Waals surface area contributed by atoms with Gasteiger partial charge in [-0.1, -0.05) is 48.5 Å². The number of carbonyl (C=O) groups excluding carboxylic acids is 2. The molecule has 1 fully saturated rings. The summed E-state index contributed by atoms with van der Waals surface area (Å²) in [5.41, 5.74) is 4.71. The van der Waals surface area contributed by atoms with E-state index in [1.165, 1.54) is 41.1 Å². The highest BCUT2D eigenvalue weighted by Gasteiger charge is 2.35. The monoisotopic (exact) mass is 436 g/mol. The third-order valence-corrected chi connectivity index (χ3v) is 6.70. The van der Waals surface area contributed by atoms with Crippen LogP contribution in [-0.2, 0) is 14.3 Å². The van der Waals surface area contributed by atoms with E-state index < -0.39 is 18.1 Å². The van der Waals surface area contributed by atoms with E-state index >= 15 is 0 Å². The second-order valence-corrected chi connectivity index (χ2v) is 8.73. The Labute approximate surface area is 187 Å². The molecule has 7 heteroatoms. The van der Waals surface area contributed by atoms with Crippen molar-refractivity contribution in [3.05, 3.63) is 59.7 Å². The number of hydrogen-bond acceptors (Lipinski definition) is 4. The SMILES string of the molecule is C[C@@H](C(=O)O)N(C)C(=O)CC1CC(NC(=O)OCC2c3ccccc3-c3ccccc32)C1.